The molecule has 0 unspecified atom stereocenters. The molecule has 0 fully saturated rings. The van der Waals surface area contributed by atoms with E-state index in [0.29, 0.717) is 36.4 Å². The van der Waals surface area contributed by atoms with Gasteiger partial charge in [0.2, 0.25) is 5.91 Å². The number of unbranched alkanes of at least 4 members (excludes halogenated alkanes) is 1. The maximum Gasteiger partial charge on any atom is 0.258 e. The fourth-order valence-electron chi connectivity index (χ4n) is 2.54. The second-order valence-corrected chi connectivity index (χ2v) is 5.94. The molecule has 2 rings (SSSR count). The van der Waals surface area contributed by atoms with Crippen LogP contribution in [0.15, 0.2) is 29.1 Å². The molecule has 1 amide bonds. The molecular formula is C18H26N4O2. The van der Waals surface area contributed by atoms with E-state index in [1.54, 1.807) is 6.07 Å². The number of carbonyl (C=O) groups is 1. The van der Waals surface area contributed by atoms with Gasteiger partial charge >= 0.3 is 0 Å². The number of amides is 1. The predicted molar refractivity (Wildman–Crippen MR) is 95.8 cm³/mol. The summed E-state index contributed by atoms with van der Waals surface area (Å²) in [6.45, 7) is 6.40. The number of hydrogen-bond donors (Lipinski definition) is 2. The lowest BCUT2D eigenvalue weighted by Gasteiger charge is -2.21. The molecule has 6 heteroatoms. The first-order valence-electron chi connectivity index (χ1n) is 8.61. The highest BCUT2D eigenvalue weighted by Crippen LogP contribution is 2.07. The van der Waals surface area contributed by atoms with Crippen LogP contribution >= 0.6 is 0 Å². The van der Waals surface area contributed by atoms with Crippen LogP contribution in [-0.4, -0.2) is 40.4 Å². The Morgan fingerprint density at radius 2 is 2.04 bits per heavy atom. The topological polar surface area (TPSA) is 78.1 Å². The van der Waals surface area contributed by atoms with Gasteiger partial charge in [0.15, 0.2) is 0 Å². The third kappa shape index (κ3) is 5.16. The zero-order chi connectivity index (χ0) is 17.4. The number of nitrogens with one attached hydrogen (secondary N) is 2. The van der Waals surface area contributed by atoms with Gasteiger partial charge in [0.1, 0.15) is 5.82 Å². The summed E-state index contributed by atoms with van der Waals surface area (Å²) >= 11 is 0. The summed E-state index contributed by atoms with van der Waals surface area (Å²) in [6.07, 6.45) is 2.97. The largest absolute Gasteiger partial charge is 0.355 e. The summed E-state index contributed by atoms with van der Waals surface area (Å²) in [4.78, 5) is 33.6. The number of rotatable bonds is 9. The highest BCUT2D eigenvalue weighted by molar-refractivity contribution is 5.78. The van der Waals surface area contributed by atoms with Gasteiger partial charge in [0, 0.05) is 6.54 Å². The Morgan fingerprint density at radius 3 is 2.79 bits per heavy atom. The van der Waals surface area contributed by atoms with Crippen LogP contribution < -0.4 is 10.9 Å². The molecule has 0 saturated carbocycles. The molecular weight excluding hydrogens is 304 g/mol. The van der Waals surface area contributed by atoms with Gasteiger partial charge in [-0.2, -0.15) is 0 Å². The van der Waals surface area contributed by atoms with Crippen molar-refractivity contribution in [2.24, 2.45) is 0 Å². The van der Waals surface area contributed by atoms with Crippen molar-refractivity contribution in [3.05, 3.63) is 40.4 Å². The molecule has 130 valence electrons. The van der Waals surface area contributed by atoms with Gasteiger partial charge in [0.05, 0.1) is 24.0 Å². The molecule has 1 aromatic heterocycles. The van der Waals surface area contributed by atoms with Crippen molar-refractivity contribution in [3.63, 3.8) is 0 Å². The first kappa shape index (κ1) is 18.1. The predicted octanol–water partition coefficient (Wildman–Crippen LogP) is 2.05. The molecule has 0 aliphatic rings. The van der Waals surface area contributed by atoms with Gasteiger partial charge in [-0.1, -0.05) is 32.4 Å². The monoisotopic (exact) mass is 330 g/mol. The molecule has 0 aliphatic carbocycles. The summed E-state index contributed by atoms with van der Waals surface area (Å²) < 4.78 is 0. The molecule has 0 spiro atoms. The van der Waals surface area contributed by atoms with Crippen LogP contribution in [0.5, 0.6) is 0 Å². The highest BCUT2D eigenvalue weighted by Gasteiger charge is 2.13. The van der Waals surface area contributed by atoms with Crippen molar-refractivity contribution in [2.75, 3.05) is 19.6 Å². The van der Waals surface area contributed by atoms with Gasteiger partial charge < -0.3 is 10.3 Å². The number of para-hydroxylation sites is 1. The molecule has 2 aromatic rings. The van der Waals surface area contributed by atoms with E-state index in [0.717, 1.165) is 25.8 Å². The number of aromatic amines is 1. The molecule has 2 N–H and O–H groups in total. The highest BCUT2D eigenvalue weighted by atomic mass is 16.2. The number of hydrogen-bond acceptors (Lipinski definition) is 4. The zero-order valence-corrected chi connectivity index (χ0v) is 14.5. The summed E-state index contributed by atoms with van der Waals surface area (Å²) in [7, 11) is 0. The van der Waals surface area contributed by atoms with Crippen LogP contribution in [0, 0.1) is 0 Å². The lowest BCUT2D eigenvalue weighted by Crippen LogP contribution is -2.38. The van der Waals surface area contributed by atoms with Gasteiger partial charge in [0.25, 0.3) is 5.56 Å². The number of benzene rings is 1. The zero-order valence-electron chi connectivity index (χ0n) is 14.5. The standard InChI is InChI=1S/C18H26N4O2/c1-3-5-11-22(13-17(23)19-10-4-2)12-16-20-15-9-7-6-8-14(15)18(24)21-16/h6-9H,3-5,10-13H2,1-2H3,(H,19,23)(H,20,21,24). The van der Waals surface area contributed by atoms with Crippen molar-refractivity contribution >= 4 is 16.8 Å². The van der Waals surface area contributed by atoms with E-state index in [9.17, 15) is 9.59 Å². The lowest BCUT2D eigenvalue weighted by atomic mass is 10.2. The van der Waals surface area contributed by atoms with E-state index in [1.807, 2.05) is 30.0 Å². The van der Waals surface area contributed by atoms with Crippen molar-refractivity contribution in [1.29, 1.82) is 0 Å². The lowest BCUT2D eigenvalue weighted by molar-refractivity contribution is -0.122. The van der Waals surface area contributed by atoms with Crippen molar-refractivity contribution in [1.82, 2.24) is 20.2 Å². The Labute approximate surface area is 142 Å². The van der Waals surface area contributed by atoms with Crippen LogP contribution in [0.3, 0.4) is 0 Å². The molecule has 0 bridgehead atoms. The van der Waals surface area contributed by atoms with Crippen LogP contribution in [0.2, 0.25) is 0 Å². The first-order valence-corrected chi connectivity index (χ1v) is 8.61. The van der Waals surface area contributed by atoms with E-state index in [4.69, 9.17) is 0 Å². The fourth-order valence-corrected chi connectivity index (χ4v) is 2.54. The van der Waals surface area contributed by atoms with Crippen LogP contribution in [0.4, 0.5) is 0 Å². The molecule has 1 aromatic carbocycles. The van der Waals surface area contributed by atoms with Crippen molar-refractivity contribution < 1.29 is 4.79 Å². The average molecular weight is 330 g/mol. The summed E-state index contributed by atoms with van der Waals surface area (Å²) in [6, 6.07) is 7.28. The van der Waals surface area contributed by atoms with E-state index >= 15 is 0 Å². The van der Waals surface area contributed by atoms with Crippen molar-refractivity contribution in [3.8, 4) is 0 Å². The Kier molecular flexibility index (Phi) is 6.93. The minimum Gasteiger partial charge on any atom is -0.355 e. The average Bonchev–Trinajstić information content (AvgIpc) is 2.58. The Morgan fingerprint density at radius 1 is 1.25 bits per heavy atom. The first-order chi connectivity index (χ1) is 11.6. The number of carbonyl (C=O) groups excluding carboxylic acids is 1. The molecule has 0 saturated heterocycles. The van der Waals surface area contributed by atoms with E-state index in [1.165, 1.54) is 0 Å². The second kappa shape index (κ2) is 9.17. The Balaban J connectivity index is 2.13. The SMILES string of the molecule is CCCCN(CC(=O)NCCC)Cc1nc2ccccc2c(=O)[nH]1. The van der Waals surface area contributed by atoms with Crippen LogP contribution in [0.25, 0.3) is 10.9 Å². The van der Waals surface area contributed by atoms with Gasteiger partial charge in [-0.05, 0) is 31.5 Å². The third-order valence-corrected chi connectivity index (χ3v) is 3.80. The Bertz CT molecular complexity index is 726. The number of aromatic nitrogens is 2. The molecule has 0 aliphatic heterocycles. The normalized spacial score (nSPS) is 11.1. The van der Waals surface area contributed by atoms with E-state index in [-0.39, 0.29) is 11.5 Å². The van der Waals surface area contributed by atoms with Crippen LogP contribution in [0.1, 0.15) is 38.9 Å². The fraction of sp³-hybridized carbons (Fsp3) is 0.500. The molecule has 0 atom stereocenters. The minimum atomic E-state index is -0.138. The minimum absolute atomic E-state index is 0.0103. The third-order valence-electron chi connectivity index (χ3n) is 3.80. The summed E-state index contributed by atoms with van der Waals surface area (Å²) in [5.74, 6) is 0.606. The summed E-state index contributed by atoms with van der Waals surface area (Å²) in [5.41, 5.74) is 0.545. The number of H-pyrrole nitrogens is 1. The quantitative estimate of drug-likeness (QED) is 0.738. The van der Waals surface area contributed by atoms with Crippen molar-refractivity contribution in [2.45, 2.75) is 39.7 Å². The molecule has 24 heavy (non-hydrogen) atoms. The molecule has 6 nitrogen and oxygen atoms in total. The molecule has 0 radical (unpaired) electrons. The van der Waals surface area contributed by atoms with Gasteiger partial charge in [-0.15, -0.1) is 0 Å². The van der Waals surface area contributed by atoms with E-state index < -0.39 is 0 Å². The second-order valence-electron chi connectivity index (χ2n) is 5.94. The van der Waals surface area contributed by atoms with Gasteiger partial charge in [-0.25, -0.2) is 4.98 Å². The summed E-state index contributed by atoms with van der Waals surface area (Å²) in [5, 5.41) is 3.48. The van der Waals surface area contributed by atoms with Crippen LogP contribution in [-0.2, 0) is 11.3 Å². The Hall–Kier alpha value is -2.21. The number of fused-ring (bicyclic) bond motifs is 1. The molecule has 1 heterocycles. The maximum absolute atomic E-state index is 12.2. The smallest absolute Gasteiger partial charge is 0.258 e. The maximum atomic E-state index is 12.2. The van der Waals surface area contributed by atoms with Gasteiger partial charge in [-0.3, -0.25) is 14.5 Å². The van der Waals surface area contributed by atoms with E-state index in [2.05, 4.69) is 22.2 Å². The number of nitrogens with zero attached hydrogens (tertiary/aromatic N) is 2.